The number of hydrogen-bond donors (Lipinski definition) is 2. The zero-order valence-corrected chi connectivity index (χ0v) is 13.8. The molecule has 8 heteroatoms. The molecule has 1 atom stereocenters. The Morgan fingerprint density at radius 1 is 1.25 bits per heavy atom. The second-order valence-electron chi connectivity index (χ2n) is 7.18. The van der Waals surface area contributed by atoms with E-state index in [9.17, 15) is 9.59 Å². The van der Waals surface area contributed by atoms with Crippen LogP contribution < -0.4 is 10.6 Å². The molecule has 2 amide bonds. The first-order valence-corrected chi connectivity index (χ1v) is 8.88. The molecule has 0 aliphatic carbocycles. The van der Waals surface area contributed by atoms with Crippen molar-refractivity contribution in [3.8, 4) is 0 Å². The van der Waals surface area contributed by atoms with Gasteiger partial charge in [0.1, 0.15) is 0 Å². The normalized spacial score (nSPS) is 28.3. The molecule has 1 unspecified atom stereocenters. The molecule has 0 bridgehead atoms. The van der Waals surface area contributed by atoms with Gasteiger partial charge in [0.25, 0.3) is 5.91 Å². The first-order valence-electron chi connectivity index (χ1n) is 8.88. The molecule has 3 aliphatic heterocycles. The number of hydrogen-bond acceptors (Lipinski definition) is 5. The molecule has 4 rings (SSSR count). The van der Waals surface area contributed by atoms with E-state index in [1.165, 1.54) is 0 Å². The van der Waals surface area contributed by atoms with E-state index in [0.717, 1.165) is 51.7 Å². The van der Waals surface area contributed by atoms with E-state index in [0.29, 0.717) is 24.8 Å². The smallest absolute Gasteiger partial charge is 0.276 e. The predicted molar refractivity (Wildman–Crippen MR) is 86.4 cm³/mol. The van der Waals surface area contributed by atoms with Crippen LogP contribution in [0.15, 0.2) is 6.20 Å². The Bertz CT molecular complexity index is 638. The number of rotatable bonds is 2. The fourth-order valence-electron chi connectivity index (χ4n) is 4.15. The molecular weight excluding hydrogens is 308 g/mol. The number of piperidine rings is 2. The summed E-state index contributed by atoms with van der Waals surface area (Å²) in [4.78, 5) is 26.8. The van der Waals surface area contributed by atoms with Gasteiger partial charge in [-0.05, 0) is 45.2 Å². The lowest BCUT2D eigenvalue weighted by Crippen LogP contribution is -2.47. The van der Waals surface area contributed by atoms with Gasteiger partial charge in [0.15, 0.2) is 5.69 Å². The van der Waals surface area contributed by atoms with Gasteiger partial charge < -0.3 is 15.5 Å². The number of nitrogens with one attached hydrogen (secondary N) is 2. The van der Waals surface area contributed by atoms with E-state index in [2.05, 4.69) is 20.9 Å². The highest BCUT2D eigenvalue weighted by molar-refractivity contribution is 5.93. The molecule has 1 spiro atoms. The number of nitrogens with zero attached hydrogens (tertiary/aromatic N) is 4. The van der Waals surface area contributed by atoms with Crippen LogP contribution >= 0.6 is 0 Å². The maximum Gasteiger partial charge on any atom is 0.276 e. The van der Waals surface area contributed by atoms with Crippen molar-refractivity contribution >= 4 is 11.8 Å². The van der Waals surface area contributed by atoms with E-state index in [-0.39, 0.29) is 17.2 Å². The van der Waals surface area contributed by atoms with E-state index < -0.39 is 0 Å². The Balaban J connectivity index is 1.45. The van der Waals surface area contributed by atoms with Crippen molar-refractivity contribution in [1.29, 1.82) is 0 Å². The van der Waals surface area contributed by atoms with Crippen molar-refractivity contribution in [1.82, 2.24) is 30.5 Å². The van der Waals surface area contributed by atoms with Gasteiger partial charge in [0, 0.05) is 19.6 Å². The summed E-state index contributed by atoms with van der Waals surface area (Å²) in [5, 5.41) is 14.5. The zero-order valence-electron chi connectivity index (χ0n) is 13.8. The molecule has 0 aromatic carbocycles. The Morgan fingerprint density at radius 3 is 2.88 bits per heavy atom. The Kier molecular flexibility index (Phi) is 3.99. The largest absolute Gasteiger partial charge is 0.356 e. The highest BCUT2D eigenvalue weighted by Gasteiger charge is 2.47. The van der Waals surface area contributed by atoms with Crippen LogP contribution in [0.4, 0.5) is 0 Å². The van der Waals surface area contributed by atoms with Gasteiger partial charge in [0.05, 0.1) is 17.7 Å². The van der Waals surface area contributed by atoms with Gasteiger partial charge in [-0.3, -0.25) is 9.59 Å². The minimum Gasteiger partial charge on any atom is -0.356 e. The van der Waals surface area contributed by atoms with Crippen LogP contribution in [0.2, 0.25) is 0 Å². The molecular formula is C16H24N6O2. The van der Waals surface area contributed by atoms with Crippen molar-refractivity contribution in [2.24, 2.45) is 5.41 Å². The van der Waals surface area contributed by atoms with Crippen molar-refractivity contribution in [3.05, 3.63) is 11.9 Å². The average molecular weight is 332 g/mol. The highest BCUT2D eigenvalue weighted by Crippen LogP contribution is 2.37. The van der Waals surface area contributed by atoms with Crippen molar-refractivity contribution in [2.45, 2.75) is 38.1 Å². The van der Waals surface area contributed by atoms with Crippen molar-refractivity contribution in [3.63, 3.8) is 0 Å². The van der Waals surface area contributed by atoms with Crippen LogP contribution in [-0.4, -0.2) is 64.4 Å². The lowest BCUT2D eigenvalue weighted by molar-refractivity contribution is -0.132. The molecule has 8 nitrogen and oxygen atoms in total. The number of amides is 2. The lowest BCUT2D eigenvalue weighted by atomic mass is 9.79. The van der Waals surface area contributed by atoms with Crippen LogP contribution in [0.3, 0.4) is 0 Å². The molecule has 130 valence electrons. The summed E-state index contributed by atoms with van der Waals surface area (Å²) in [6.45, 7) is 3.80. The molecule has 0 radical (unpaired) electrons. The first kappa shape index (κ1) is 15.6. The maximum absolute atomic E-state index is 12.7. The third-order valence-corrected chi connectivity index (χ3v) is 5.65. The van der Waals surface area contributed by atoms with Gasteiger partial charge in [-0.2, -0.15) is 0 Å². The molecule has 4 heterocycles. The van der Waals surface area contributed by atoms with E-state index in [4.69, 9.17) is 0 Å². The Labute approximate surface area is 141 Å². The van der Waals surface area contributed by atoms with Gasteiger partial charge in [-0.1, -0.05) is 5.21 Å². The van der Waals surface area contributed by atoms with Crippen molar-refractivity contribution < 1.29 is 9.59 Å². The summed E-state index contributed by atoms with van der Waals surface area (Å²) in [5.74, 6) is -0.00663. The predicted octanol–water partition coefficient (Wildman–Crippen LogP) is -0.0551. The zero-order chi connectivity index (χ0) is 16.6. The van der Waals surface area contributed by atoms with Crippen LogP contribution in [0.5, 0.6) is 0 Å². The number of aromatic nitrogens is 3. The summed E-state index contributed by atoms with van der Waals surface area (Å²) < 4.78 is 1.83. The standard InChI is InChI=1S/C16H24N6O2/c23-14(13-10-22(20-19-13)12-2-7-17-8-3-12)21-9-5-16(11-21)4-1-6-18-15(16)24/h10,12,17H,1-9,11H2,(H,18,24). The van der Waals surface area contributed by atoms with Crippen LogP contribution in [0, 0.1) is 5.41 Å². The van der Waals surface area contributed by atoms with Crippen LogP contribution in [0.25, 0.3) is 0 Å². The lowest BCUT2D eigenvalue weighted by Gasteiger charge is -2.31. The first-order chi connectivity index (χ1) is 11.7. The summed E-state index contributed by atoms with van der Waals surface area (Å²) in [6, 6.07) is 0.314. The van der Waals surface area contributed by atoms with Gasteiger partial charge in [-0.25, -0.2) is 4.68 Å². The third kappa shape index (κ3) is 2.68. The second kappa shape index (κ2) is 6.16. The average Bonchev–Trinajstić information content (AvgIpc) is 3.26. The molecule has 0 saturated carbocycles. The number of carbonyl (C=O) groups is 2. The molecule has 3 aliphatic rings. The molecule has 1 aromatic heterocycles. The molecule has 2 N–H and O–H groups in total. The minimum atomic E-state index is -0.390. The SMILES string of the molecule is O=C(c1cn(C2CCNCC2)nn1)N1CCC2(CCCNC2=O)C1. The quantitative estimate of drug-likeness (QED) is 0.792. The van der Waals surface area contributed by atoms with Crippen LogP contribution in [0.1, 0.15) is 48.6 Å². The third-order valence-electron chi connectivity index (χ3n) is 5.65. The van der Waals surface area contributed by atoms with Crippen LogP contribution in [-0.2, 0) is 4.79 Å². The van der Waals surface area contributed by atoms with E-state index >= 15 is 0 Å². The highest BCUT2D eigenvalue weighted by atomic mass is 16.2. The summed E-state index contributed by atoms with van der Waals surface area (Å²) in [5.41, 5.74) is 0.000619. The van der Waals surface area contributed by atoms with Gasteiger partial charge in [0.2, 0.25) is 5.91 Å². The fourth-order valence-corrected chi connectivity index (χ4v) is 4.15. The maximum atomic E-state index is 12.7. The second-order valence-corrected chi connectivity index (χ2v) is 7.18. The molecule has 3 fully saturated rings. The fraction of sp³-hybridized carbons (Fsp3) is 0.750. The van der Waals surface area contributed by atoms with E-state index in [1.54, 1.807) is 11.1 Å². The summed E-state index contributed by atoms with van der Waals surface area (Å²) in [7, 11) is 0. The Hall–Kier alpha value is -1.96. The minimum absolute atomic E-state index is 0.0995. The van der Waals surface area contributed by atoms with Crippen molar-refractivity contribution in [2.75, 3.05) is 32.7 Å². The molecule has 24 heavy (non-hydrogen) atoms. The number of carbonyl (C=O) groups excluding carboxylic acids is 2. The number of likely N-dealkylation sites (tertiary alicyclic amines) is 1. The Morgan fingerprint density at radius 2 is 2.08 bits per heavy atom. The summed E-state index contributed by atoms with van der Waals surface area (Å²) in [6.07, 6.45) is 6.37. The molecule has 1 aromatic rings. The van der Waals surface area contributed by atoms with Gasteiger partial charge in [-0.15, -0.1) is 5.10 Å². The van der Waals surface area contributed by atoms with Gasteiger partial charge >= 0.3 is 0 Å². The summed E-state index contributed by atoms with van der Waals surface area (Å²) >= 11 is 0. The topological polar surface area (TPSA) is 92.2 Å². The molecule has 3 saturated heterocycles. The van der Waals surface area contributed by atoms with E-state index in [1.807, 2.05) is 4.68 Å². The monoisotopic (exact) mass is 332 g/mol.